The molecule has 2 N–H and O–H groups in total. The summed E-state index contributed by atoms with van der Waals surface area (Å²) >= 11 is 0. The smallest absolute Gasteiger partial charge is 0.251 e. The molecular formula is C18H28N4O2. The number of pyridine rings is 1. The van der Waals surface area contributed by atoms with Crippen LogP contribution in [0.5, 0.6) is 0 Å². The molecule has 2 fully saturated rings. The van der Waals surface area contributed by atoms with E-state index in [1.54, 1.807) is 24.5 Å². The zero-order valence-corrected chi connectivity index (χ0v) is 14.4. The fraction of sp³-hybridized carbons (Fsp3) is 0.667. The average Bonchev–Trinajstić information content (AvgIpc) is 3.05. The van der Waals surface area contributed by atoms with Crippen molar-refractivity contribution in [1.82, 2.24) is 20.1 Å². The molecule has 2 aliphatic rings. The van der Waals surface area contributed by atoms with Crippen LogP contribution in [0.2, 0.25) is 0 Å². The third kappa shape index (κ3) is 3.94. The zero-order valence-electron chi connectivity index (χ0n) is 14.4. The molecule has 1 aromatic heterocycles. The first-order chi connectivity index (χ1) is 11.7. The van der Waals surface area contributed by atoms with Crippen molar-refractivity contribution in [2.45, 2.75) is 31.8 Å². The van der Waals surface area contributed by atoms with Crippen molar-refractivity contribution >= 4 is 5.91 Å². The molecule has 0 saturated carbocycles. The van der Waals surface area contributed by atoms with Gasteiger partial charge in [0.05, 0.1) is 0 Å². The van der Waals surface area contributed by atoms with Gasteiger partial charge < -0.3 is 15.3 Å². The van der Waals surface area contributed by atoms with E-state index in [1.165, 1.54) is 12.8 Å². The van der Waals surface area contributed by atoms with Crippen molar-refractivity contribution in [2.24, 2.45) is 5.92 Å². The maximum atomic E-state index is 12.4. The number of hydrogen-bond donors (Lipinski definition) is 2. The third-order valence-electron chi connectivity index (χ3n) is 5.48. The van der Waals surface area contributed by atoms with E-state index in [0.29, 0.717) is 11.6 Å². The molecule has 24 heavy (non-hydrogen) atoms. The van der Waals surface area contributed by atoms with Crippen molar-refractivity contribution in [2.75, 3.05) is 39.3 Å². The second-order valence-corrected chi connectivity index (χ2v) is 6.88. The van der Waals surface area contributed by atoms with E-state index in [0.717, 1.165) is 32.7 Å². The molecule has 132 valence electrons. The standard InChI is InChI=1S/C18H28N4O2/c1-2-21-9-5-16(6-10-21)22-11-15(13-23)17(12-22)20-18(24)14-3-7-19-8-4-14/h3-4,7-8,15-17,23H,2,5-6,9-13H2,1H3,(H,20,24)/t15-,17+/m0/s1. The minimum atomic E-state index is -0.0801. The Hall–Kier alpha value is -1.50. The molecule has 0 radical (unpaired) electrons. The number of carbonyl (C=O) groups is 1. The second kappa shape index (κ2) is 8.05. The summed E-state index contributed by atoms with van der Waals surface area (Å²) in [5, 5.41) is 12.8. The lowest BCUT2D eigenvalue weighted by Gasteiger charge is -2.36. The summed E-state index contributed by atoms with van der Waals surface area (Å²) in [6, 6.07) is 4.02. The van der Waals surface area contributed by atoms with E-state index in [9.17, 15) is 9.90 Å². The van der Waals surface area contributed by atoms with E-state index in [-0.39, 0.29) is 24.5 Å². The maximum Gasteiger partial charge on any atom is 0.251 e. The van der Waals surface area contributed by atoms with Gasteiger partial charge in [-0.1, -0.05) is 6.92 Å². The van der Waals surface area contributed by atoms with Crippen LogP contribution in [-0.2, 0) is 0 Å². The molecule has 6 nitrogen and oxygen atoms in total. The topological polar surface area (TPSA) is 68.7 Å². The Morgan fingerprint density at radius 3 is 2.62 bits per heavy atom. The number of hydrogen-bond acceptors (Lipinski definition) is 5. The number of piperidine rings is 1. The molecule has 3 rings (SSSR count). The predicted octanol–water partition coefficient (Wildman–Crippen LogP) is 0.588. The molecule has 1 amide bonds. The lowest BCUT2D eigenvalue weighted by Crippen LogP contribution is -2.45. The Kier molecular flexibility index (Phi) is 5.81. The minimum Gasteiger partial charge on any atom is -0.396 e. The first kappa shape index (κ1) is 17.3. The molecule has 2 atom stereocenters. The third-order valence-corrected chi connectivity index (χ3v) is 5.48. The summed E-state index contributed by atoms with van der Waals surface area (Å²) in [5.41, 5.74) is 0.622. The Bertz CT molecular complexity index is 531. The van der Waals surface area contributed by atoms with Crippen LogP contribution in [0.3, 0.4) is 0 Å². The van der Waals surface area contributed by atoms with Crippen molar-refractivity contribution in [3.05, 3.63) is 30.1 Å². The molecule has 0 bridgehead atoms. The minimum absolute atomic E-state index is 0.0138. The SMILES string of the molecule is CCN1CCC(N2C[C@@H](CO)[C@H](NC(=O)c3ccncc3)C2)CC1. The number of carbonyl (C=O) groups excluding carboxylic acids is 1. The Labute approximate surface area is 143 Å². The van der Waals surface area contributed by atoms with Crippen molar-refractivity contribution in [3.8, 4) is 0 Å². The van der Waals surface area contributed by atoms with Gasteiger partial charge in [0.15, 0.2) is 0 Å². The highest BCUT2D eigenvalue weighted by atomic mass is 16.3. The van der Waals surface area contributed by atoms with E-state index in [2.05, 4.69) is 27.0 Å². The highest BCUT2D eigenvalue weighted by molar-refractivity contribution is 5.94. The number of nitrogens with one attached hydrogen (secondary N) is 1. The summed E-state index contributed by atoms with van der Waals surface area (Å²) in [5.74, 6) is 0.0310. The fourth-order valence-corrected chi connectivity index (χ4v) is 3.91. The van der Waals surface area contributed by atoms with Crippen LogP contribution in [0.15, 0.2) is 24.5 Å². The number of aliphatic hydroxyl groups is 1. The number of aromatic nitrogens is 1. The molecule has 3 heterocycles. The van der Waals surface area contributed by atoms with Gasteiger partial charge in [-0.2, -0.15) is 0 Å². The van der Waals surface area contributed by atoms with Gasteiger partial charge in [-0.15, -0.1) is 0 Å². The Morgan fingerprint density at radius 2 is 2.00 bits per heavy atom. The summed E-state index contributed by atoms with van der Waals surface area (Å²) in [4.78, 5) is 21.3. The molecule has 0 unspecified atom stereocenters. The Morgan fingerprint density at radius 1 is 1.29 bits per heavy atom. The first-order valence-electron chi connectivity index (χ1n) is 8.99. The molecular weight excluding hydrogens is 304 g/mol. The monoisotopic (exact) mass is 332 g/mol. The molecule has 0 aliphatic carbocycles. The summed E-state index contributed by atoms with van der Waals surface area (Å²) in [7, 11) is 0. The molecule has 0 spiro atoms. The van der Waals surface area contributed by atoms with E-state index >= 15 is 0 Å². The lowest BCUT2D eigenvalue weighted by atomic mass is 10.0. The molecule has 6 heteroatoms. The number of nitrogens with zero attached hydrogens (tertiary/aromatic N) is 3. The van der Waals surface area contributed by atoms with Gasteiger partial charge in [0.2, 0.25) is 0 Å². The van der Waals surface area contributed by atoms with Gasteiger partial charge in [0.25, 0.3) is 5.91 Å². The van der Waals surface area contributed by atoms with Crippen LogP contribution in [-0.4, -0.2) is 77.2 Å². The summed E-state index contributed by atoms with van der Waals surface area (Å²) in [6.45, 7) is 7.45. The van der Waals surface area contributed by atoms with Gasteiger partial charge >= 0.3 is 0 Å². The highest BCUT2D eigenvalue weighted by Gasteiger charge is 2.37. The second-order valence-electron chi connectivity index (χ2n) is 6.88. The molecule has 2 aliphatic heterocycles. The van der Waals surface area contributed by atoms with Crippen LogP contribution in [0, 0.1) is 5.92 Å². The largest absolute Gasteiger partial charge is 0.396 e. The van der Waals surface area contributed by atoms with Gasteiger partial charge in [0, 0.05) is 55.7 Å². The number of amides is 1. The van der Waals surface area contributed by atoms with Gasteiger partial charge in [0.1, 0.15) is 0 Å². The fourth-order valence-electron chi connectivity index (χ4n) is 3.91. The van der Waals surface area contributed by atoms with Crippen molar-refractivity contribution < 1.29 is 9.90 Å². The van der Waals surface area contributed by atoms with Crippen molar-refractivity contribution in [1.29, 1.82) is 0 Å². The number of likely N-dealkylation sites (tertiary alicyclic amines) is 2. The summed E-state index contributed by atoms with van der Waals surface area (Å²) < 4.78 is 0. The molecule has 0 aromatic carbocycles. The lowest BCUT2D eigenvalue weighted by molar-refractivity contribution is 0.0919. The average molecular weight is 332 g/mol. The van der Waals surface area contributed by atoms with Gasteiger partial charge in [-0.05, 0) is 44.6 Å². The predicted molar refractivity (Wildman–Crippen MR) is 92.8 cm³/mol. The van der Waals surface area contributed by atoms with Gasteiger partial charge in [-0.3, -0.25) is 14.7 Å². The van der Waals surface area contributed by atoms with Crippen LogP contribution in [0.4, 0.5) is 0 Å². The number of aliphatic hydroxyl groups excluding tert-OH is 1. The van der Waals surface area contributed by atoms with E-state index in [4.69, 9.17) is 0 Å². The maximum absolute atomic E-state index is 12.4. The van der Waals surface area contributed by atoms with E-state index in [1.807, 2.05) is 0 Å². The van der Waals surface area contributed by atoms with E-state index < -0.39 is 0 Å². The Balaban J connectivity index is 1.57. The van der Waals surface area contributed by atoms with Crippen LogP contribution in [0.25, 0.3) is 0 Å². The highest BCUT2D eigenvalue weighted by Crippen LogP contribution is 2.25. The first-order valence-corrected chi connectivity index (χ1v) is 8.99. The molecule has 2 saturated heterocycles. The number of rotatable bonds is 5. The van der Waals surface area contributed by atoms with Crippen LogP contribution < -0.4 is 5.32 Å². The zero-order chi connectivity index (χ0) is 16.9. The normalized spacial score (nSPS) is 26.6. The van der Waals surface area contributed by atoms with Gasteiger partial charge in [-0.25, -0.2) is 0 Å². The molecule has 1 aromatic rings. The van der Waals surface area contributed by atoms with Crippen LogP contribution >= 0.6 is 0 Å². The summed E-state index contributed by atoms with van der Waals surface area (Å²) in [6.07, 6.45) is 5.61. The van der Waals surface area contributed by atoms with Crippen molar-refractivity contribution in [3.63, 3.8) is 0 Å². The van der Waals surface area contributed by atoms with Crippen LogP contribution in [0.1, 0.15) is 30.1 Å². The quantitative estimate of drug-likeness (QED) is 0.826.